The van der Waals surface area contributed by atoms with Crippen LogP contribution < -0.4 is 0 Å². The highest BCUT2D eigenvalue weighted by molar-refractivity contribution is 4.94. The van der Waals surface area contributed by atoms with E-state index in [1.807, 2.05) is 0 Å². The summed E-state index contributed by atoms with van der Waals surface area (Å²) in [7, 11) is 0. The lowest BCUT2D eigenvalue weighted by atomic mass is 9.86. The minimum atomic E-state index is -0.369. The van der Waals surface area contributed by atoms with Gasteiger partial charge in [-0.3, -0.25) is 4.90 Å². The van der Waals surface area contributed by atoms with Crippen molar-refractivity contribution in [3.8, 4) is 0 Å². The second-order valence-corrected chi connectivity index (χ2v) is 5.23. The molecule has 2 atom stereocenters. The van der Waals surface area contributed by atoms with Gasteiger partial charge < -0.3 is 14.6 Å². The molecule has 2 aliphatic heterocycles. The maximum absolute atomic E-state index is 10.1. The molecule has 3 rings (SSSR count). The monoisotopic (exact) mass is 227 g/mol. The smallest absolute Gasteiger partial charge is 0.170 e. The Morgan fingerprint density at radius 1 is 1.12 bits per heavy atom. The SMILES string of the molecule is O[C@@H]1CCC2(C[C@H]1N1CCCC1)OCCO2. The third-order valence-corrected chi connectivity index (χ3v) is 4.21. The summed E-state index contributed by atoms with van der Waals surface area (Å²) >= 11 is 0. The van der Waals surface area contributed by atoms with E-state index >= 15 is 0 Å². The molecular weight excluding hydrogens is 206 g/mol. The average molecular weight is 227 g/mol. The lowest BCUT2D eigenvalue weighted by Crippen LogP contribution is -2.52. The van der Waals surface area contributed by atoms with Crippen LogP contribution >= 0.6 is 0 Å². The third-order valence-electron chi connectivity index (χ3n) is 4.21. The van der Waals surface area contributed by atoms with Crippen molar-refractivity contribution in [2.75, 3.05) is 26.3 Å². The molecule has 1 spiro atoms. The molecule has 0 unspecified atom stereocenters. The quantitative estimate of drug-likeness (QED) is 0.717. The van der Waals surface area contributed by atoms with Crippen LogP contribution in [0.2, 0.25) is 0 Å². The highest BCUT2D eigenvalue weighted by atomic mass is 16.7. The molecule has 1 aliphatic carbocycles. The van der Waals surface area contributed by atoms with Crippen LogP contribution in [0, 0.1) is 0 Å². The van der Waals surface area contributed by atoms with E-state index in [0.29, 0.717) is 13.2 Å². The molecule has 2 saturated heterocycles. The fourth-order valence-electron chi connectivity index (χ4n) is 3.32. The first-order chi connectivity index (χ1) is 7.79. The van der Waals surface area contributed by atoms with Gasteiger partial charge >= 0.3 is 0 Å². The van der Waals surface area contributed by atoms with Gasteiger partial charge in [-0.1, -0.05) is 0 Å². The number of ether oxygens (including phenoxy) is 2. The molecule has 0 aromatic rings. The minimum absolute atomic E-state index is 0.198. The molecule has 1 N–H and O–H groups in total. The summed E-state index contributed by atoms with van der Waals surface area (Å²) in [5, 5.41) is 10.1. The number of aliphatic hydroxyl groups is 1. The topological polar surface area (TPSA) is 41.9 Å². The maximum Gasteiger partial charge on any atom is 0.170 e. The van der Waals surface area contributed by atoms with Crippen molar-refractivity contribution in [1.82, 2.24) is 4.90 Å². The lowest BCUT2D eigenvalue weighted by Gasteiger charge is -2.42. The van der Waals surface area contributed by atoms with Crippen molar-refractivity contribution >= 4 is 0 Å². The summed E-state index contributed by atoms with van der Waals surface area (Å²) in [5.74, 6) is -0.369. The molecule has 0 amide bonds. The van der Waals surface area contributed by atoms with Crippen LogP contribution in [0.15, 0.2) is 0 Å². The van der Waals surface area contributed by atoms with Gasteiger partial charge in [-0.05, 0) is 32.4 Å². The number of rotatable bonds is 1. The molecule has 1 saturated carbocycles. The number of aliphatic hydroxyl groups excluding tert-OH is 1. The van der Waals surface area contributed by atoms with Crippen molar-refractivity contribution in [1.29, 1.82) is 0 Å². The summed E-state index contributed by atoms with van der Waals surface area (Å²) in [6.45, 7) is 3.67. The second-order valence-electron chi connectivity index (χ2n) is 5.23. The molecule has 4 heteroatoms. The van der Waals surface area contributed by atoms with Crippen LogP contribution in [-0.4, -0.2) is 54.2 Å². The molecule has 0 bridgehead atoms. The maximum atomic E-state index is 10.1. The number of nitrogens with zero attached hydrogens (tertiary/aromatic N) is 1. The second kappa shape index (κ2) is 4.26. The first kappa shape index (κ1) is 11.0. The number of likely N-dealkylation sites (tertiary alicyclic amines) is 1. The summed E-state index contributed by atoms with van der Waals surface area (Å²) in [4.78, 5) is 2.41. The minimum Gasteiger partial charge on any atom is -0.391 e. The van der Waals surface area contributed by atoms with Gasteiger partial charge in [0.25, 0.3) is 0 Å². The summed E-state index contributed by atoms with van der Waals surface area (Å²) in [6, 6.07) is 0.245. The van der Waals surface area contributed by atoms with E-state index in [0.717, 1.165) is 32.4 Å². The summed E-state index contributed by atoms with van der Waals surface area (Å²) in [6.07, 6.45) is 4.82. The van der Waals surface area contributed by atoms with E-state index < -0.39 is 0 Å². The Kier molecular flexibility index (Phi) is 2.92. The van der Waals surface area contributed by atoms with E-state index in [1.54, 1.807) is 0 Å². The highest BCUT2D eigenvalue weighted by Crippen LogP contribution is 2.38. The Morgan fingerprint density at radius 3 is 2.50 bits per heavy atom. The zero-order chi connectivity index (χ0) is 11.0. The largest absolute Gasteiger partial charge is 0.391 e. The van der Waals surface area contributed by atoms with Crippen molar-refractivity contribution in [3.63, 3.8) is 0 Å². The Balaban J connectivity index is 1.70. The zero-order valence-electron chi connectivity index (χ0n) is 9.73. The number of hydrogen-bond donors (Lipinski definition) is 1. The van der Waals surface area contributed by atoms with Crippen LogP contribution in [0.25, 0.3) is 0 Å². The molecule has 4 nitrogen and oxygen atoms in total. The molecule has 0 aromatic heterocycles. The fourth-order valence-corrected chi connectivity index (χ4v) is 3.32. The van der Waals surface area contributed by atoms with Gasteiger partial charge in [0.15, 0.2) is 5.79 Å². The highest BCUT2D eigenvalue weighted by Gasteiger charge is 2.46. The van der Waals surface area contributed by atoms with Gasteiger partial charge in [0, 0.05) is 18.9 Å². The molecule has 0 radical (unpaired) electrons. The van der Waals surface area contributed by atoms with E-state index in [-0.39, 0.29) is 17.9 Å². The summed E-state index contributed by atoms with van der Waals surface area (Å²) < 4.78 is 11.5. The van der Waals surface area contributed by atoms with E-state index in [2.05, 4.69) is 4.90 Å². The standard InChI is InChI=1S/C12H21NO3/c14-11-3-4-12(15-7-8-16-12)9-10(11)13-5-1-2-6-13/h10-11,14H,1-9H2/t10-,11-/m1/s1. The molecular formula is C12H21NO3. The normalized spacial score (nSPS) is 39.6. The van der Waals surface area contributed by atoms with Crippen LogP contribution in [0.1, 0.15) is 32.1 Å². The predicted octanol–water partition coefficient (Wildman–Crippen LogP) is 0.739. The fraction of sp³-hybridized carbons (Fsp3) is 1.00. The zero-order valence-corrected chi connectivity index (χ0v) is 9.73. The lowest BCUT2D eigenvalue weighted by molar-refractivity contribution is -0.204. The molecule has 92 valence electrons. The molecule has 3 aliphatic rings. The van der Waals surface area contributed by atoms with E-state index in [4.69, 9.17) is 9.47 Å². The number of hydrogen-bond acceptors (Lipinski definition) is 4. The van der Waals surface area contributed by atoms with Gasteiger partial charge in [0.1, 0.15) is 0 Å². The van der Waals surface area contributed by atoms with E-state index in [9.17, 15) is 5.11 Å². The van der Waals surface area contributed by atoms with Crippen LogP contribution in [0.5, 0.6) is 0 Å². The Labute approximate surface area is 96.5 Å². The van der Waals surface area contributed by atoms with Gasteiger partial charge in [-0.15, -0.1) is 0 Å². The first-order valence-electron chi connectivity index (χ1n) is 6.49. The third kappa shape index (κ3) is 1.88. The summed E-state index contributed by atoms with van der Waals surface area (Å²) in [5.41, 5.74) is 0. The Bertz CT molecular complexity index is 247. The Morgan fingerprint density at radius 2 is 1.81 bits per heavy atom. The van der Waals surface area contributed by atoms with E-state index in [1.165, 1.54) is 12.8 Å². The van der Waals surface area contributed by atoms with Gasteiger partial charge in [-0.25, -0.2) is 0 Å². The first-order valence-corrected chi connectivity index (χ1v) is 6.49. The van der Waals surface area contributed by atoms with Crippen molar-refractivity contribution in [2.24, 2.45) is 0 Å². The van der Waals surface area contributed by atoms with Crippen molar-refractivity contribution < 1.29 is 14.6 Å². The van der Waals surface area contributed by atoms with Crippen LogP contribution in [-0.2, 0) is 9.47 Å². The van der Waals surface area contributed by atoms with Gasteiger partial charge in [0.2, 0.25) is 0 Å². The van der Waals surface area contributed by atoms with Gasteiger partial charge in [0.05, 0.1) is 19.3 Å². The van der Waals surface area contributed by atoms with Gasteiger partial charge in [-0.2, -0.15) is 0 Å². The Hall–Kier alpha value is -0.160. The van der Waals surface area contributed by atoms with Crippen molar-refractivity contribution in [3.05, 3.63) is 0 Å². The van der Waals surface area contributed by atoms with Crippen molar-refractivity contribution in [2.45, 2.75) is 50.0 Å². The molecule has 3 fully saturated rings. The molecule has 2 heterocycles. The molecule has 16 heavy (non-hydrogen) atoms. The van der Waals surface area contributed by atoms with Crippen LogP contribution in [0.4, 0.5) is 0 Å². The molecule has 0 aromatic carbocycles. The average Bonchev–Trinajstić information content (AvgIpc) is 2.94. The predicted molar refractivity (Wildman–Crippen MR) is 59.1 cm³/mol. The van der Waals surface area contributed by atoms with Crippen LogP contribution in [0.3, 0.4) is 0 Å².